The first-order chi connectivity index (χ1) is 6.61. The van der Waals surface area contributed by atoms with Crippen molar-refractivity contribution >= 4 is 18.0 Å². The molecular weight excluding hydrogens is 218 g/mol. The van der Waals surface area contributed by atoms with Gasteiger partial charge in [-0.15, -0.1) is 4.33 Å². The average molecular weight is 226 g/mol. The standard InChI is InChI=1S/C5H8NO7S/c1-11-12-13-14-3(2-4(7)8)5(9)6-10/h6,9H,2H2,1H3,(H,7,8)/q-1/b5-3+. The van der Waals surface area contributed by atoms with Crippen LogP contribution in [0.5, 0.6) is 0 Å². The third kappa shape index (κ3) is 5.61. The molecule has 0 amide bonds. The molecule has 3 N–H and O–H groups in total. The number of hydrogen-bond acceptors (Lipinski definition) is 8. The molecule has 0 saturated carbocycles. The van der Waals surface area contributed by atoms with Gasteiger partial charge in [0.1, 0.15) is 0 Å². The molecule has 0 heterocycles. The van der Waals surface area contributed by atoms with Crippen LogP contribution in [0.1, 0.15) is 6.42 Å². The minimum absolute atomic E-state index is 0.246. The van der Waals surface area contributed by atoms with E-state index < -0.39 is 18.3 Å². The largest absolute Gasteiger partial charge is 0.759 e. The normalized spacial score (nSPS) is 12.1. The molecule has 0 aliphatic heterocycles. The van der Waals surface area contributed by atoms with Crippen LogP contribution < -0.4 is 5.48 Å². The molecule has 0 bridgehead atoms. The Balaban J connectivity index is 4.18. The summed E-state index contributed by atoms with van der Waals surface area (Å²) in [5.41, 5.74) is 1.12. The monoisotopic (exact) mass is 226 g/mol. The predicted octanol–water partition coefficient (Wildman–Crippen LogP) is 0.433. The highest BCUT2D eigenvalue weighted by Gasteiger charge is 2.11. The summed E-state index contributed by atoms with van der Waals surface area (Å²) in [4.78, 5) is 14.0. The molecule has 0 fully saturated rings. The van der Waals surface area contributed by atoms with Crippen molar-refractivity contribution in [3.05, 3.63) is 16.0 Å². The highest BCUT2D eigenvalue weighted by molar-refractivity contribution is 7.98. The van der Waals surface area contributed by atoms with Gasteiger partial charge in [0.25, 0.3) is 0 Å². The Bertz CT molecular complexity index is 218. The van der Waals surface area contributed by atoms with E-state index in [1.807, 2.05) is 0 Å². The molecule has 0 radical (unpaired) electrons. The van der Waals surface area contributed by atoms with Crippen LogP contribution in [0, 0.1) is 5.21 Å². The van der Waals surface area contributed by atoms with Gasteiger partial charge in [-0.05, 0) is 0 Å². The summed E-state index contributed by atoms with van der Waals surface area (Å²) in [6.45, 7) is 0. The van der Waals surface area contributed by atoms with Gasteiger partial charge < -0.3 is 20.9 Å². The number of hydroxylamine groups is 1. The molecule has 0 aliphatic carbocycles. The number of hydrogen-bond donors (Lipinski definition) is 3. The van der Waals surface area contributed by atoms with Crippen molar-refractivity contribution in [2.24, 2.45) is 0 Å². The van der Waals surface area contributed by atoms with Crippen molar-refractivity contribution in [3.8, 4) is 0 Å². The zero-order chi connectivity index (χ0) is 11.0. The number of aliphatic hydroxyl groups is 1. The summed E-state index contributed by atoms with van der Waals surface area (Å²) in [6, 6.07) is 0. The molecule has 0 spiro atoms. The number of carboxylic acids is 1. The molecule has 0 saturated heterocycles. The minimum Gasteiger partial charge on any atom is -0.759 e. The highest BCUT2D eigenvalue weighted by Crippen LogP contribution is 2.22. The Morgan fingerprint density at radius 1 is 1.57 bits per heavy atom. The van der Waals surface area contributed by atoms with Gasteiger partial charge in [-0.25, -0.2) is 4.89 Å². The second kappa shape index (κ2) is 7.41. The number of rotatable bonds is 7. The van der Waals surface area contributed by atoms with E-state index in [9.17, 15) is 10.0 Å². The molecule has 0 unspecified atom stereocenters. The Labute approximate surface area is 83.1 Å². The Morgan fingerprint density at radius 3 is 2.64 bits per heavy atom. The maximum atomic E-state index is 10.2. The van der Waals surface area contributed by atoms with Crippen LogP contribution in [0.3, 0.4) is 0 Å². The van der Waals surface area contributed by atoms with Crippen molar-refractivity contribution in [3.63, 3.8) is 0 Å². The van der Waals surface area contributed by atoms with Crippen molar-refractivity contribution < 1.29 is 29.3 Å². The van der Waals surface area contributed by atoms with E-state index in [-0.39, 0.29) is 4.91 Å². The van der Waals surface area contributed by atoms with E-state index in [4.69, 9.17) is 10.2 Å². The zero-order valence-corrected chi connectivity index (χ0v) is 7.87. The molecule has 0 aromatic carbocycles. The summed E-state index contributed by atoms with van der Waals surface area (Å²) in [5.74, 6) is -2.09. The third-order valence-electron chi connectivity index (χ3n) is 0.903. The maximum absolute atomic E-state index is 10.2. The van der Waals surface area contributed by atoms with Crippen molar-refractivity contribution in [1.82, 2.24) is 5.48 Å². The van der Waals surface area contributed by atoms with Crippen LogP contribution in [-0.4, -0.2) is 23.3 Å². The summed E-state index contributed by atoms with van der Waals surface area (Å²) in [5, 5.41) is 31.2. The van der Waals surface area contributed by atoms with Crippen molar-refractivity contribution in [1.29, 1.82) is 0 Å². The molecule has 14 heavy (non-hydrogen) atoms. The van der Waals surface area contributed by atoms with Gasteiger partial charge in [0, 0.05) is 0 Å². The van der Waals surface area contributed by atoms with Gasteiger partial charge >= 0.3 is 5.97 Å². The lowest BCUT2D eigenvalue weighted by Crippen LogP contribution is -2.08. The van der Waals surface area contributed by atoms with Crippen LogP contribution in [0.25, 0.3) is 0 Å². The first-order valence-corrected chi connectivity index (χ1v) is 3.92. The molecule has 0 rings (SSSR count). The average Bonchev–Trinajstić information content (AvgIpc) is 2.15. The van der Waals surface area contributed by atoms with Crippen molar-refractivity contribution in [2.45, 2.75) is 6.42 Å². The lowest BCUT2D eigenvalue weighted by atomic mass is 10.4. The first kappa shape index (κ1) is 13.0. The topological polar surface area (TPSA) is 120 Å². The van der Waals surface area contributed by atoms with Crippen LogP contribution in [0.15, 0.2) is 10.8 Å². The molecule has 0 aromatic heterocycles. The zero-order valence-electron chi connectivity index (χ0n) is 7.05. The van der Waals surface area contributed by atoms with Gasteiger partial charge in [0.15, 0.2) is 5.88 Å². The molecule has 9 heteroatoms. The smallest absolute Gasteiger partial charge is 0.308 e. The van der Waals surface area contributed by atoms with Gasteiger partial charge in [-0.2, -0.15) is 0 Å². The van der Waals surface area contributed by atoms with Gasteiger partial charge in [-0.3, -0.25) is 4.79 Å². The van der Waals surface area contributed by atoms with Gasteiger partial charge in [-0.1, -0.05) is 5.04 Å². The van der Waals surface area contributed by atoms with E-state index in [2.05, 4.69) is 14.3 Å². The fourth-order valence-corrected chi connectivity index (χ4v) is 0.898. The summed E-state index contributed by atoms with van der Waals surface area (Å²) in [6.07, 6.45) is -0.585. The molecule has 0 aliphatic rings. The second-order valence-electron chi connectivity index (χ2n) is 1.83. The fourth-order valence-electron chi connectivity index (χ4n) is 0.430. The lowest BCUT2D eigenvalue weighted by Gasteiger charge is -2.11. The van der Waals surface area contributed by atoms with Crippen LogP contribution in [0.4, 0.5) is 0 Å². The van der Waals surface area contributed by atoms with E-state index >= 15 is 0 Å². The Kier molecular flexibility index (Phi) is 6.88. The Morgan fingerprint density at radius 2 is 2.21 bits per heavy atom. The number of aliphatic hydroxyl groups excluding tert-OH is 1. The number of nitrogens with one attached hydrogen (secondary N) is 1. The van der Waals surface area contributed by atoms with Crippen molar-refractivity contribution in [2.75, 3.05) is 7.11 Å². The molecule has 82 valence electrons. The van der Waals surface area contributed by atoms with Crippen LogP contribution in [0.2, 0.25) is 0 Å². The summed E-state index contributed by atoms with van der Waals surface area (Å²) >= 11 is 0.346. The van der Waals surface area contributed by atoms with Gasteiger partial charge in [0.2, 0.25) is 0 Å². The van der Waals surface area contributed by atoms with Gasteiger partial charge in [0.05, 0.1) is 30.5 Å². The van der Waals surface area contributed by atoms with E-state index in [0.717, 1.165) is 12.6 Å². The minimum atomic E-state index is -1.24. The van der Waals surface area contributed by atoms with E-state index in [1.165, 1.54) is 0 Å². The molecule has 0 aromatic rings. The van der Waals surface area contributed by atoms with Crippen LogP contribution in [-0.2, 0) is 19.1 Å². The highest BCUT2D eigenvalue weighted by atomic mass is 32.2. The summed E-state index contributed by atoms with van der Waals surface area (Å²) < 4.78 is 4.20. The number of carboxylic acid groups (broad SMARTS) is 1. The van der Waals surface area contributed by atoms with E-state index in [1.54, 1.807) is 0 Å². The maximum Gasteiger partial charge on any atom is 0.308 e. The summed E-state index contributed by atoms with van der Waals surface area (Å²) in [7, 11) is 1.16. The fraction of sp³-hybridized carbons (Fsp3) is 0.400. The number of carbonyl (C=O) groups is 1. The lowest BCUT2D eigenvalue weighted by molar-refractivity contribution is -0.447. The van der Waals surface area contributed by atoms with E-state index in [0.29, 0.717) is 12.0 Å². The molecule has 8 nitrogen and oxygen atoms in total. The molecule has 0 atom stereocenters. The predicted molar refractivity (Wildman–Crippen MR) is 45.2 cm³/mol. The third-order valence-corrected chi connectivity index (χ3v) is 1.57. The second-order valence-corrected chi connectivity index (χ2v) is 2.63. The Hall–Kier alpha value is -1.00. The number of aliphatic carboxylic acids is 1. The van der Waals surface area contributed by atoms with Crippen LogP contribution >= 0.6 is 12.0 Å². The quantitative estimate of drug-likeness (QED) is 0.186. The SMILES string of the molecule is COOOS/C(CC(=O)O)=C(/O)N[O-]. The first-order valence-electron chi connectivity index (χ1n) is 3.17. The molecular formula is C5H8NO7S-.